The van der Waals surface area contributed by atoms with E-state index >= 15 is 0 Å². The Morgan fingerprint density at radius 1 is 1.15 bits per heavy atom. The Kier molecular flexibility index (Phi) is 6.59. The van der Waals surface area contributed by atoms with Crippen LogP contribution in [0.3, 0.4) is 0 Å². The second kappa shape index (κ2) is 8.49. The van der Waals surface area contributed by atoms with Gasteiger partial charge in [0.2, 0.25) is 0 Å². The first-order valence-corrected chi connectivity index (χ1v) is 9.57. The highest BCUT2D eigenvalue weighted by atomic mass is 32.2. The highest BCUT2D eigenvalue weighted by Crippen LogP contribution is 2.35. The van der Waals surface area contributed by atoms with E-state index in [1.165, 1.54) is 0 Å². The van der Waals surface area contributed by atoms with Crippen molar-refractivity contribution in [3.63, 3.8) is 0 Å². The summed E-state index contributed by atoms with van der Waals surface area (Å²) in [7, 11) is 0. The largest absolute Gasteiger partial charge is 0.507 e. The first kappa shape index (κ1) is 20.2. The number of aryl methyl sites for hydroxylation is 1. The van der Waals surface area contributed by atoms with Crippen LogP contribution in [0.2, 0.25) is 0 Å². The van der Waals surface area contributed by atoms with Crippen molar-refractivity contribution in [2.45, 2.75) is 39.0 Å². The smallest absolute Gasteiger partial charge is 0.312 e. The molecule has 1 atom stereocenters. The predicted octanol–water partition coefficient (Wildman–Crippen LogP) is 4.97. The first-order valence-electron chi connectivity index (χ1n) is 8.58. The molecule has 1 unspecified atom stereocenters. The topological polar surface area (TPSA) is 66.8 Å². The molecule has 2 aromatic carbocycles. The zero-order chi connectivity index (χ0) is 19.3. The molecule has 0 aliphatic carbocycles. The molecule has 4 nitrogen and oxygen atoms in total. The molecule has 0 aromatic heterocycles. The lowest BCUT2D eigenvalue weighted by molar-refractivity contribution is -0.149. The minimum atomic E-state index is -0.961. The lowest BCUT2D eigenvalue weighted by Crippen LogP contribution is -2.34. The van der Waals surface area contributed by atoms with Gasteiger partial charge in [-0.15, -0.1) is 11.8 Å². The number of phenolic OH excluding ortho intramolecular Hbond substituents is 1. The Bertz CT molecular complexity index is 773. The maximum Gasteiger partial charge on any atom is 0.312 e. The first-order chi connectivity index (χ1) is 12.2. The Balaban J connectivity index is 2.01. The molecule has 0 saturated carbocycles. The van der Waals surface area contributed by atoms with Crippen LogP contribution in [0.25, 0.3) is 0 Å². The average molecular weight is 375 g/mol. The van der Waals surface area contributed by atoms with Crippen molar-refractivity contribution in [2.75, 3.05) is 12.4 Å². The standard InChI is InChI=1S/C21H26O4S/c1-14-12-18(15(2)16(3)19(14)22)26-11-10-21(4,20(23)24)13-25-17-8-6-5-7-9-17/h5-9,12,22H,10-11,13H2,1-4H3,(H,23,24). The van der Waals surface area contributed by atoms with E-state index < -0.39 is 11.4 Å². The van der Waals surface area contributed by atoms with Gasteiger partial charge in [0.25, 0.3) is 0 Å². The van der Waals surface area contributed by atoms with E-state index in [1.807, 2.05) is 57.2 Å². The lowest BCUT2D eigenvalue weighted by Gasteiger charge is -2.25. The number of para-hydroxylation sites is 1. The van der Waals surface area contributed by atoms with Gasteiger partial charge in [-0.05, 0) is 74.8 Å². The van der Waals surface area contributed by atoms with Crippen molar-refractivity contribution in [3.8, 4) is 11.5 Å². The van der Waals surface area contributed by atoms with E-state index in [0.717, 1.165) is 21.6 Å². The molecule has 0 spiro atoms. The molecule has 0 amide bonds. The number of thioether (sulfide) groups is 1. The number of aliphatic carboxylic acids is 1. The molecule has 2 rings (SSSR count). The van der Waals surface area contributed by atoms with Crippen LogP contribution >= 0.6 is 11.8 Å². The third-order valence-corrected chi connectivity index (χ3v) is 5.88. The van der Waals surface area contributed by atoms with E-state index in [1.54, 1.807) is 18.7 Å². The van der Waals surface area contributed by atoms with Gasteiger partial charge >= 0.3 is 5.97 Å². The van der Waals surface area contributed by atoms with Gasteiger partial charge in [-0.25, -0.2) is 0 Å². The van der Waals surface area contributed by atoms with Gasteiger partial charge in [0, 0.05) is 4.90 Å². The molecule has 2 aromatic rings. The van der Waals surface area contributed by atoms with Crippen molar-refractivity contribution in [3.05, 3.63) is 53.1 Å². The molecule has 26 heavy (non-hydrogen) atoms. The maximum absolute atomic E-state index is 11.8. The number of phenols is 1. The summed E-state index contributed by atoms with van der Waals surface area (Å²) < 4.78 is 5.69. The molecular formula is C21H26O4S. The third-order valence-electron chi connectivity index (χ3n) is 4.74. The van der Waals surface area contributed by atoms with Crippen molar-refractivity contribution in [2.24, 2.45) is 5.41 Å². The number of aromatic hydroxyl groups is 1. The summed E-state index contributed by atoms with van der Waals surface area (Å²) in [6.45, 7) is 7.60. The zero-order valence-corrected chi connectivity index (χ0v) is 16.5. The number of hydrogen-bond acceptors (Lipinski definition) is 4. The van der Waals surface area contributed by atoms with Crippen molar-refractivity contribution < 1.29 is 19.7 Å². The van der Waals surface area contributed by atoms with Gasteiger partial charge in [-0.3, -0.25) is 4.79 Å². The molecule has 0 heterocycles. The molecule has 5 heteroatoms. The van der Waals surface area contributed by atoms with Gasteiger partial charge in [0.05, 0.1) is 5.41 Å². The number of carbonyl (C=O) groups is 1. The molecule has 2 N–H and O–H groups in total. The summed E-state index contributed by atoms with van der Waals surface area (Å²) in [6.07, 6.45) is 0.484. The van der Waals surface area contributed by atoms with E-state index in [-0.39, 0.29) is 6.61 Å². The third kappa shape index (κ3) is 4.73. The minimum absolute atomic E-state index is 0.125. The number of rotatable bonds is 8. The SMILES string of the molecule is Cc1cc(SCCC(C)(COc2ccccc2)C(=O)O)c(C)c(C)c1O. The normalized spacial score (nSPS) is 13.2. The summed E-state index contributed by atoms with van der Waals surface area (Å²) >= 11 is 1.62. The summed E-state index contributed by atoms with van der Waals surface area (Å²) in [5.74, 6) is 0.807. The van der Waals surface area contributed by atoms with Gasteiger partial charge in [-0.2, -0.15) is 0 Å². The highest BCUT2D eigenvalue weighted by Gasteiger charge is 2.34. The zero-order valence-electron chi connectivity index (χ0n) is 15.7. The Morgan fingerprint density at radius 2 is 1.81 bits per heavy atom. The van der Waals surface area contributed by atoms with Crippen LogP contribution in [0.4, 0.5) is 0 Å². The molecule has 140 valence electrons. The second-order valence-electron chi connectivity index (χ2n) is 6.86. The van der Waals surface area contributed by atoms with Crippen LogP contribution in [-0.4, -0.2) is 28.5 Å². The molecule has 0 bridgehead atoms. The number of benzene rings is 2. The number of carboxylic acids is 1. The summed E-state index contributed by atoms with van der Waals surface area (Å²) in [6, 6.07) is 11.2. The summed E-state index contributed by atoms with van der Waals surface area (Å²) in [5.41, 5.74) is 1.79. The molecule has 0 aliphatic rings. The Hall–Kier alpha value is -2.14. The van der Waals surface area contributed by atoms with Crippen molar-refractivity contribution in [1.82, 2.24) is 0 Å². The van der Waals surface area contributed by atoms with Gasteiger partial charge in [0.15, 0.2) is 0 Å². The van der Waals surface area contributed by atoms with Crippen molar-refractivity contribution >= 4 is 17.7 Å². The second-order valence-corrected chi connectivity index (χ2v) is 7.99. The summed E-state index contributed by atoms with van der Waals surface area (Å²) in [5, 5.41) is 19.7. The molecule has 0 radical (unpaired) electrons. The monoisotopic (exact) mass is 374 g/mol. The minimum Gasteiger partial charge on any atom is -0.507 e. The molecule has 0 fully saturated rings. The molecule has 0 saturated heterocycles. The lowest BCUT2D eigenvalue weighted by atomic mass is 9.89. The van der Waals surface area contributed by atoms with E-state index in [9.17, 15) is 15.0 Å². The van der Waals surface area contributed by atoms with E-state index in [2.05, 4.69) is 0 Å². The highest BCUT2D eigenvalue weighted by molar-refractivity contribution is 7.99. The fourth-order valence-electron chi connectivity index (χ4n) is 2.57. The fourth-order valence-corrected chi connectivity index (χ4v) is 3.97. The van der Waals surface area contributed by atoms with Crippen LogP contribution in [0.1, 0.15) is 30.0 Å². The predicted molar refractivity (Wildman–Crippen MR) is 105 cm³/mol. The number of carboxylic acid groups (broad SMARTS) is 1. The van der Waals surface area contributed by atoms with E-state index in [0.29, 0.717) is 23.7 Å². The number of hydrogen-bond donors (Lipinski definition) is 2. The van der Waals surface area contributed by atoms with Gasteiger partial charge in [-0.1, -0.05) is 18.2 Å². The average Bonchev–Trinajstić information content (AvgIpc) is 2.63. The van der Waals surface area contributed by atoms with Gasteiger partial charge in [0.1, 0.15) is 18.1 Å². The van der Waals surface area contributed by atoms with Crippen LogP contribution in [0, 0.1) is 26.2 Å². The fraction of sp³-hybridized carbons (Fsp3) is 0.381. The quantitative estimate of drug-likeness (QED) is 0.639. The Morgan fingerprint density at radius 3 is 2.42 bits per heavy atom. The van der Waals surface area contributed by atoms with Crippen LogP contribution in [0.5, 0.6) is 11.5 Å². The molecular weight excluding hydrogens is 348 g/mol. The van der Waals surface area contributed by atoms with Crippen LogP contribution < -0.4 is 4.74 Å². The van der Waals surface area contributed by atoms with Crippen molar-refractivity contribution in [1.29, 1.82) is 0 Å². The number of ether oxygens (including phenoxy) is 1. The summed E-state index contributed by atoms with van der Waals surface area (Å²) in [4.78, 5) is 12.9. The van der Waals surface area contributed by atoms with Crippen LogP contribution in [0.15, 0.2) is 41.3 Å². The van der Waals surface area contributed by atoms with Gasteiger partial charge < -0.3 is 14.9 Å². The molecule has 0 aliphatic heterocycles. The van der Waals surface area contributed by atoms with Crippen LogP contribution in [-0.2, 0) is 4.79 Å². The maximum atomic E-state index is 11.8. The Labute approximate surface area is 159 Å². The van der Waals surface area contributed by atoms with E-state index in [4.69, 9.17) is 4.74 Å².